The van der Waals surface area contributed by atoms with Crippen LogP contribution >= 0.6 is 0 Å². The fourth-order valence-corrected chi connectivity index (χ4v) is 5.22. The van der Waals surface area contributed by atoms with E-state index in [9.17, 15) is 21.4 Å². The second kappa shape index (κ2) is 8.77. The summed E-state index contributed by atoms with van der Waals surface area (Å²) in [5.41, 5.74) is 0.599. The van der Waals surface area contributed by atoms with Crippen LogP contribution in [0.3, 0.4) is 0 Å². The Bertz CT molecular complexity index is 1330. The molecule has 0 aliphatic heterocycles. The molecule has 1 aliphatic rings. The molecule has 3 N–H and O–H groups in total. The molecule has 4 rings (SSSR count). The zero-order chi connectivity index (χ0) is 22.9. The summed E-state index contributed by atoms with van der Waals surface area (Å²) in [7, 11) is -7.43. The Morgan fingerprint density at radius 1 is 1.06 bits per heavy atom. The van der Waals surface area contributed by atoms with Gasteiger partial charge in [0.15, 0.2) is 9.84 Å². The summed E-state index contributed by atoms with van der Waals surface area (Å²) in [5.74, 6) is 0.871. The third-order valence-electron chi connectivity index (χ3n) is 5.54. The van der Waals surface area contributed by atoms with Crippen molar-refractivity contribution in [2.45, 2.75) is 42.7 Å². The molecule has 1 aromatic carbocycles. The van der Waals surface area contributed by atoms with Crippen molar-refractivity contribution in [1.82, 2.24) is 19.9 Å². The maximum atomic E-state index is 11.8. The lowest BCUT2D eigenvalue weighted by atomic mass is 9.91. The summed E-state index contributed by atoms with van der Waals surface area (Å²) >= 11 is 0. The number of benzene rings is 1. The maximum absolute atomic E-state index is 11.8. The van der Waals surface area contributed by atoms with Crippen molar-refractivity contribution in [2.24, 2.45) is 0 Å². The number of fused-ring (bicyclic) bond motifs is 1. The Hall–Kier alpha value is -2.54. The van der Waals surface area contributed by atoms with Crippen LogP contribution in [0.25, 0.3) is 16.7 Å². The zero-order valence-electron chi connectivity index (χ0n) is 17.5. The molecule has 172 valence electrons. The number of nitrogens with one attached hydrogen (secondary N) is 2. The van der Waals surface area contributed by atoms with Crippen LogP contribution in [-0.4, -0.2) is 60.1 Å². The maximum Gasteiger partial charge on any atom is 0.296 e. The summed E-state index contributed by atoms with van der Waals surface area (Å²) in [6, 6.07) is 8.85. The minimum Gasteiger partial charge on any atom is -0.351 e. The van der Waals surface area contributed by atoms with E-state index in [1.54, 1.807) is 41.1 Å². The predicted octanol–water partition coefficient (Wildman–Crippen LogP) is 1.98. The van der Waals surface area contributed by atoms with Crippen LogP contribution in [0.15, 0.2) is 47.6 Å². The lowest BCUT2D eigenvalue weighted by molar-refractivity contribution is 0.365. The average molecular weight is 480 g/mol. The van der Waals surface area contributed by atoms with Gasteiger partial charge in [-0.1, -0.05) is 18.2 Å². The highest BCUT2D eigenvalue weighted by molar-refractivity contribution is 7.90. The number of nitrogens with zero attached hydrogens (tertiary/aromatic N) is 3. The van der Waals surface area contributed by atoms with Gasteiger partial charge in [0, 0.05) is 36.1 Å². The first-order valence-corrected chi connectivity index (χ1v) is 13.7. The summed E-state index contributed by atoms with van der Waals surface area (Å²) in [6.45, 7) is 0. The number of para-hydroxylation sites is 1. The molecular formula is C20H25N5O5S2. The van der Waals surface area contributed by atoms with Gasteiger partial charge < -0.3 is 10.6 Å². The fourth-order valence-electron chi connectivity index (χ4n) is 3.99. The van der Waals surface area contributed by atoms with E-state index in [2.05, 4.69) is 20.6 Å². The number of aromatic nitrogens is 3. The van der Waals surface area contributed by atoms with E-state index >= 15 is 0 Å². The highest BCUT2D eigenvalue weighted by atomic mass is 32.2. The molecule has 0 unspecified atom stereocenters. The van der Waals surface area contributed by atoms with Gasteiger partial charge in [-0.3, -0.25) is 9.12 Å². The van der Waals surface area contributed by atoms with Crippen LogP contribution in [0.4, 0.5) is 5.95 Å². The van der Waals surface area contributed by atoms with E-state index in [0.717, 1.165) is 25.7 Å². The second-order valence-corrected chi connectivity index (χ2v) is 11.6. The molecule has 10 nitrogen and oxygen atoms in total. The van der Waals surface area contributed by atoms with Gasteiger partial charge in [0.2, 0.25) is 5.95 Å². The molecule has 1 fully saturated rings. The summed E-state index contributed by atoms with van der Waals surface area (Å²) in [6.07, 6.45) is 7.52. The molecule has 12 heteroatoms. The molecule has 0 radical (unpaired) electrons. The van der Waals surface area contributed by atoms with Gasteiger partial charge in [0.05, 0.1) is 11.4 Å². The van der Waals surface area contributed by atoms with Gasteiger partial charge in [-0.2, -0.15) is 13.4 Å². The van der Waals surface area contributed by atoms with E-state index in [1.807, 2.05) is 0 Å². The van der Waals surface area contributed by atoms with Gasteiger partial charge in [-0.25, -0.2) is 13.4 Å². The Labute approximate surface area is 186 Å². The van der Waals surface area contributed by atoms with Gasteiger partial charge >= 0.3 is 0 Å². The lowest BCUT2D eigenvalue weighted by Crippen LogP contribution is -2.39. The SMILES string of the molecule is CS(=O)(=O)CNC1CCC(Nc2nccc(-n3cc(S(=O)(=O)O)c4ccccc43)n2)CC1. The van der Waals surface area contributed by atoms with E-state index in [4.69, 9.17) is 0 Å². The molecule has 2 heterocycles. The van der Waals surface area contributed by atoms with Gasteiger partial charge in [-0.15, -0.1) is 0 Å². The number of sulfone groups is 1. The first-order chi connectivity index (χ1) is 15.1. The minimum atomic E-state index is -4.39. The molecular weight excluding hydrogens is 454 g/mol. The molecule has 0 atom stereocenters. The second-order valence-electron chi connectivity index (χ2n) is 8.06. The predicted molar refractivity (Wildman–Crippen MR) is 121 cm³/mol. The van der Waals surface area contributed by atoms with E-state index < -0.39 is 20.0 Å². The van der Waals surface area contributed by atoms with Crippen molar-refractivity contribution in [1.29, 1.82) is 0 Å². The van der Waals surface area contributed by atoms with Crippen LogP contribution in [0.5, 0.6) is 0 Å². The van der Waals surface area contributed by atoms with Crippen molar-refractivity contribution in [3.8, 4) is 5.82 Å². The average Bonchev–Trinajstić information content (AvgIpc) is 3.13. The Kier molecular flexibility index (Phi) is 6.21. The van der Waals surface area contributed by atoms with E-state index in [0.29, 0.717) is 22.7 Å². The van der Waals surface area contributed by atoms with Crippen LogP contribution in [0, 0.1) is 0 Å². The monoisotopic (exact) mass is 479 g/mol. The van der Waals surface area contributed by atoms with Crippen LogP contribution < -0.4 is 10.6 Å². The Balaban J connectivity index is 1.50. The minimum absolute atomic E-state index is 0.0166. The number of hydrogen-bond donors (Lipinski definition) is 3. The molecule has 3 aromatic rings. The number of anilines is 1. The van der Waals surface area contributed by atoms with Gasteiger partial charge in [0.25, 0.3) is 10.1 Å². The zero-order valence-corrected chi connectivity index (χ0v) is 19.1. The van der Waals surface area contributed by atoms with Crippen LogP contribution in [-0.2, 0) is 20.0 Å². The highest BCUT2D eigenvalue weighted by Gasteiger charge is 2.23. The standard InChI is InChI=1S/C20H25N5O5S2/c1-31(26,27)13-22-14-6-8-15(9-7-14)23-20-21-11-10-19(24-20)25-12-18(32(28,29)30)16-4-2-3-5-17(16)25/h2-5,10-12,14-15,22H,6-9,13H2,1H3,(H,21,23,24)(H,28,29,30). The smallest absolute Gasteiger partial charge is 0.296 e. The van der Waals surface area contributed by atoms with E-state index in [-0.39, 0.29) is 22.9 Å². The molecule has 2 aromatic heterocycles. The molecule has 0 bridgehead atoms. The van der Waals surface area contributed by atoms with Crippen LogP contribution in [0.1, 0.15) is 25.7 Å². The first-order valence-electron chi connectivity index (χ1n) is 10.2. The molecule has 1 saturated carbocycles. The summed E-state index contributed by atoms with van der Waals surface area (Å²) in [5, 5.41) is 6.81. The lowest BCUT2D eigenvalue weighted by Gasteiger charge is -2.29. The van der Waals surface area contributed by atoms with Crippen molar-refractivity contribution in [2.75, 3.05) is 17.4 Å². The molecule has 32 heavy (non-hydrogen) atoms. The molecule has 0 saturated heterocycles. The van der Waals surface area contributed by atoms with Crippen molar-refractivity contribution >= 4 is 36.8 Å². The molecule has 1 aliphatic carbocycles. The quantitative estimate of drug-likeness (QED) is 0.433. The van der Waals surface area contributed by atoms with Gasteiger partial charge in [-0.05, 0) is 37.8 Å². The summed E-state index contributed by atoms with van der Waals surface area (Å²) in [4.78, 5) is 8.64. The topological polar surface area (TPSA) is 143 Å². The third-order valence-corrected chi connectivity index (χ3v) is 7.11. The van der Waals surface area contributed by atoms with E-state index in [1.165, 1.54) is 12.5 Å². The molecule has 0 spiro atoms. The highest BCUT2D eigenvalue weighted by Crippen LogP contribution is 2.28. The fraction of sp³-hybridized carbons (Fsp3) is 0.400. The van der Waals surface area contributed by atoms with Crippen molar-refractivity contribution in [3.05, 3.63) is 42.7 Å². The number of rotatable bonds is 7. The normalized spacial score (nSPS) is 19.8. The van der Waals surface area contributed by atoms with Crippen molar-refractivity contribution < 1.29 is 21.4 Å². The molecule has 0 amide bonds. The number of hydrogen-bond acceptors (Lipinski definition) is 8. The Morgan fingerprint density at radius 3 is 2.44 bits per heavy atom. The largest absolute Gasteiger partial charge is 0.351 e. The summed E-state index contributed by atoms with van der Waals surface area (Å²) < 4.78 is 57.5. The third kappa shape index (κ3) is 5.26. The van der Waals surface area contributed by atoms with Gasteiger partial charge in [0.1, 0.15) is 10.7 Å². The van der Waals surface area contributed by atoms with Crippen LogP contribution in [0.2, 0.25) is 0 Å². The van der Waals surface area contributed by atoms with Crippen molar-refractivity contribution in [3.63, 3.8) is 0 Å². The first kappa shape index (κ1) is 22.6. The Morgan fingerprint density at radius 2 is 1.75 bits per heavy atom.